The van der Waals surface area contributed by atoms with Crippen molar-refractivity contribution in [3.05, 3.63) is 102 Å². The number of benzene rings is 3. The summed E-state index contributed by atoms with van der Waals surface area (Å²) in [5.74, 6) is -0.690. The minimum Gasteiger partial charge on any atom is -0.366 e. The van der Waals surface area contributed by atoms with E-state index in [4.69, 9.17) is 0 Å². The SMILES string of the molecule is O=C1Cc2cnn(CNc3ccc(C(=O)NCc4ccccc4F)cc3)c2-c2ccccc2N1. The van der Waals surface area contributed by atoms with Crippen LogP contribution in [0.2, 0.25) is 0 Å². The molecule has 5 rings (SSSR count). The fourth-order valence-corrected chi connectivity index (χ4v) is 3.98. The van der Waals surface area contributed by atoms with E-state index in [-0.39, 0.29) is 30.6 Å². The van der Waals surface area contributed by atoms with Crippen LogP contribution in [-0.4, -0.2) is 21.6 Å². The molecule has 2 heterocycles. The number of carbonyl (C=O) groups excluding carboxylic acids is 2. The average molecular weight is 455 g/mol. The van der Waals surface area contributed by atoms with E-state index in [9.17, 15) is 14.0 Å². The van der Waals surface area contributed by atoms with Crippen molar-refractivity contribution in [2.75, 3.05) is 10.6 Å². The lowest BCUT2D eigenvalue weighted by Crippen LogP contribution is -2.23. The molecule has 0 radical (unpaired) electrons. The van der Waals surface area contributed by atoms with Gasteiger partial charge in [0, 0.05) is 34.5 Å². The molecule has 4 aromatic rings. The van der Waals surface area contributed by atoms with E-state index in [1.54, 1.807) is 48.7 Å². The second-order valence-corrected chi connectivity index (χ2v) is 7.97. The van der Waals surface area contributed by atoms with Gasteiger partial charge in [0.05, 0.1) is 24.0 Å². The first kappa shape index (κ1) is 21.4. The second-order valence-electron chi connectivity index (χ2n) is 7.97. The summed E-state index contributed by atoms with van der Waals surface area (Å²) in [5, 5.41) is 13.5. The average Bonchev–Trinajstić information content (AvgIpc) is 3.17. The van der Waals surface area contributed by atoms with Gasteiger partial charge in [0.25, 0.3) is 5.91 Å². The summed E-state index contributed by atoms with van der Waals surface area (Å²) in [6.45, 7) is 0.505. The molecule has 1 aromatic heterocycles. The molecule has 0 saturated carbocycles. The summed E-state index contributed by atoms with van der Waals surface area (Å²) in [6, 6.07) is 21.0. The molecule has 1 aliphatic heterocycles. The monoisotopic (exact) mass is 455 g/mol. The van der Waals surface area contributed by atoms with Gasteiger partial charge >= 0.3 is 0 Å². The van der Waals surface area contributed by atoms with Crippen LogP contribution >= 0.6 is 0 Å². The summed E-state index contributed by atoms with van der Waals surface area (Å²) < 4.78 is 15.6. The molecule has 3 aromatic carbocycles. The lowest BCUT2D eigenvalue weighted by Gasteiger charge is -2.13. The Morgan fingerprint density at radius 1 is 1.03 bits per heavy atom. The third-order valence-corrected chi connectivity index (χ3v) is 5.70. The standard InChI is InChI=1S/C26H22FN5O2/c27-22-7-3-1-5-18(22)14-28-26(34)17-9-11-20(12-10-17)29-16-32-25-19(15-30-32)13-24(33)31-23-8-4-2-6-21(23)25/h1-12,15,29H,13-14,16H2,(H,28,34)(H,31,33). The van der Waals surface area contributed by atoms with Gasteiger partial charge < -0.3 is 16.0 Å². The van der Waals surface area contributed by atoms with Crippen LogP contribution in [0, 0.1) is 5.82 Å². The van der Waals surface area contributed by atoms with E-state index in [1.165, 1.54) is 6.07 Å². The van der Waals surface area contributed by atoms with Crippen molar-refractivity contribution in [2.45, 2.75) is 19.6 Å². The number of aromatic nitrogens is 2. The Morgan fingerprint density at radius 2 is 1.79 bits per heavy atom. The largest absolute Gasteiger partial charge is 0.366 e. The zero-order valence-electron chi connectivity index (χ0n) is 18.2. The van der Waals surface area contributed by atoms with Crippen molar-refractivity contribution < 1.29 is 14.0 Å². The second kappa shape index (κ2) is 9.19. The minimum absolute atomic E-state index is 0.0671. The molecule has 0 spiro atoms. The zero-order chi connectivity index (χ0) is 23.5. The van der Waals surface area contributed by atoms with E-state index < -0.39 is 0 Å². The third kappa shape index (κ3) is 4.38. The van der Waals surface area contributed by atoms with Crippen LogP contribution in [0.3, 0.4) is 0 Å². The minimum atomic E-state index is -0.346. The Kier molecular flexibility index (Phi) is 5.78. The number of hydrogen-bond donors (Lipinski definition) is 3. The van der Waals surface area contributed by atoms with Crippen molar-refractivity contribution in [1.29, 1.82) is 0 Å². The van der Waals surface area contributed by atoms with Crippen molar-refractivity contribution in [3.63, 3.8) is 0 Å². The van der Waals surface area contributed by atoms with Crippen LogP contribution in [0.1, 0.15) is 21.5 Å². The highest BCUT2D eigenvalue weighted by Gasteiger charge is 2.22. The number of nitrogens with zero attached hydrogens (tertiary/aromatic N) is 2. The molecular formula is C26H22FN5O2. The van der Waals surface area contributed by atoms with Crippen LogP contribution in [0.25, 0.3) is 11.3 Å². The number of para-hydroxylation sites is 1. The van der Waals surface area contributed by atoms with Crippen molar-refractivity contribution in [3.8, 4) is 11.3 Å². The highest BCUT2D eigenvalue weighted by atomic mass is 19.1. The van der Waals surface area contributed by atoms with Gasteiger partial charge in [-0.25, -0.2) is 9.07 Å². The Morgan fingerprint density at radius 3 is 2.62 bits per heavy atom. The summed E-state index contributed by atoms with van der Waals surface area (Å²) >= 11 is 0. The molecule has 0 aliphatic carbocycles. The fourth-order valence-electron chi connectivity index (χ4n) is 3.98. The molecule has 3 N–H and O–H groups in total. The fraction of sp³-hybridized carbons (Fsp3) is 0.115. The van der Waals surface area contributed by atoms with Gasteiger partial charge in [-0.05, 0) is 36.4 Å². The molecule has 34 heavy (non-hydrogen) atoms. The predicted molar refractivity (Wildman–Crippen MR) is 128 cm³/mol. The van der Waals surface area contributed by atoms with E-state index in [1.807, 2.05) is 28.9 Å². The van der Waals surface area contributed by atoms with Crippen LogP contribution in [0.15, 0.2) is 79.0 Å². The summed E-state index contributed by atoms with van der Waals surface area (Å²) in [5.41, 5.74) is 5.17. The zero-order valence-corrected chi connectivity index (χ0v) is 18.2. The van der Waals surface area contributed by atoms with Gasteiger partial charge in [-0.2, -0.15) is 5.10 Å². The number of rotatable bonds is 6. The predicted octanol–water partition coefficient (Wildman–Crippen LogP) is 4.18. The van der Waals surface area contributed by atoms with Gasteiger partial charge in [-0.1, -0.05) is 36.4 Å². The van der Waals surface area contributed by atoms with Crippen LogP contribution < -0.4 is 16.0 Å². The molecule has 0 unspecified atom stereocenters. The first-order chi connectivity index (χ1) is 16.6. The van der Waals surface area contributed by atoms with Crippen molar-refractivity contribution in [1.82, 2.24) is 15.1 Å². The molecule has 0 fully saturated rings. The van der Waals surface area contributed by atoms with Gasteiger partial charge in [-0.3, -0.25) is 9.59 Å². The molecule has 7 nitrogen and oxygen atoms in total. The molecule has 1 aliphatic rings. The van der Waals surface area contributed by atoms with Crippen LogP contribution in [0.4, 0.5) is 15.8 Å². The van der Waals surface area contributed by atoms with Gasteiger partial charge in [0.15, 0.2) is 0 Å². The number of fused-ring (bicyclic) bond motifs is 3. The lowest BCUT2D eigenvalue weighted by atomic mass is 10.1. The van der Waals surface area contributed by atoms with E-state index in [2.05, 4.69) is 21.0 Å². The Balaban J connectivity index is 1.26. The molecule has 170 valence electrons. The number of hydrogen-bond acceptors (Lipinski definition) is 4. The number of nitrogens with one attached hydrogen (secondary N) is 3. The summed E-state index contributed by atoms with van der Waals surface area (Å²) in [4.78, 5) is 24.6. The molecular weight excluding hydrogens is 433 g/mol. The Bertz CT molecular complexity index is 1360. The number of carbonyl (C=O) groups is 2. The van der Waals surface area contributed by atoms with Gasteiger partial charge in [0.2, 0.25) is 5.91 Å². The molecule has 2 amide bonds. The van der Waals surface area contributed by atoms with E-state index in [0.717, 1.165) is 28.2 Å². The molecule has 0 atom stereocenters. The molecule has 0 bridgehead atoms. The maximum absolute atomic E-state index is 13.7. The quantitative estimate of drug-likeness (QED) is 0.407. The highest BCUT2D eigenvalue weighted by molar-refractivity contribution is 6.00. The maximum atomic E-state index is 13.7. The Hall–Kier alpha value is -4.46. The number of amides is 2. The van der Waals surface area contributed by atoms with Gasteiger partial charge in [-0.15, -0.1) is 0 Å². The Labute approximate surface area is 195 Å². The smallest absolute Gasteiger partial charge is 0.251 e. The van der Waals surface area contributed by atoms with E-state index in [0.29, 0.717) is 17.8 Å². The normalized spacial score (nSPS) is 12.2. The van der Waals surface area contributed by atoms with Crippen LogP contribution in [-0.2, 0) is 24.4 Å². The number of halogens is 1. The first-order valence-electron chi connectivity index (χ1n) is 10.9. The molecule has 0 saturated heterocycles. The lowest BCUT2D eigenvalue weighted by molar-refractivity contribution is -0.115. The molecule has 8 heteroatoms. The van der Waals surface area contributed by atoms with Crippen molar-refractivity contribution in [2.24, 2.45) is 0 Å². The summed E-state index contributed by atoms with van der Waals surface area (Å²) in [7, 11) is 0. The topological polar surface area (TPSA) is 88.0 Å². The van der Waals surface area contributed by atoms with Gasteiger partial charge in [0.1, 0.15) is 12.5 Å². The maximum Gasteiger partial charge on any atom is 0.251 e. The highest BCUT2D eigenvalue weighted by Crippen LogP contribution is 2.33. The van der Waals surface area contributed by atoms with E-state index >= 15 is 0 Å². The number of anilines is 2. The van der Waals surface area contributed by atoms with Crippen molar-refractivity contribution >= 4 is 23.2 Å². The van der Waals surface area contributed by atoms with Crippen LogP contribution in [0.5, 0.6) is 0 Å². The third-order valence-electron chi connectivity index (χ3n) is 5.70. The summed E-state index contributed by atoms with van der Waals surface area (Å²) in [6.07, 6.45) is 1.99. The first-order valence-corrected chi connectivity index (χ1v) is 10.9.